The molecule has 0 amide bonds. The van der Waals surface area contributed by atoms with Crippen LogP contribution in [0.5, 0.6) is 5.75 Å². The molecule has 112 valence electrons. The number of hydrogen-bond acceptors (Lipinski definition) is 4. The first-order valence-corrected chi connectivity index (χ1v) is 7.44. The van der Waals surface area contributed by atoms with Crippen LogP contribution < -0.4 is 10.4 Å². The van der Waals surface area contributed by atoms with Crippen LogP contribution in [0, 0.1) is 12.7 Å². The Bertz CT molecular complexity index is 902. The standard InChI is InChI=1S/C17H13FO3S/c1-10-3-4-11(18)7-15(10)22-16-9-17(19)21-14-6-5-12(20-2)8-13(14)16/h3-9H,1-2H3. The van der Waals surface area contributed by atoms with Crippen molar-refractivity contribution in [1.29, 1.82) is 0 Å². The molecule has 1 aromatic heterocycles. The molecule has 0 spiro atoms. The SMILES string of the molecule is COc1ccc2oc(=O)cc(Sc3cc(F)ccc3C)c2c1. The second kappa shape index (κ2) is 5.85. The van der Waals surface area contributed by atoms with Crippen LogP contribution in [-0.2, 0) is 0 Å². The van der Waals surface area contributed by atoms with Crippen LogP contribution in [0.15, 0.2) is 61.5 Å². The third kappa shape index (κ3) is 2.85. The first-order valence-electron chi connectivity index (χ1n) is 6.63. The second-order valence-corrected chi connectivity index (χ2v) is 5.89. The lowest BCUT2D eigenvalue weighted by atomic mass is 10.2. The molecule has 0 N–H and O–H groups in total. The Morgan fingerprint density at radius 3 is 2.68 bits per heavy atom. The molecule has 5 heteroatoms. The van der Waals surface area contributed by atoms with Gasteiger partial charge in [-0.15, -0.1) is 0 Å². The number of halogens is 1. The summed E-state index contributed by atoms with van der Waals surface area (Å²) in [6, 6.07) is 11.2. The molecule has 0 aliphatic carbocycles. The smallest absolute Gasteiger partial charge is 0.337 e. The van der Waals surface area contributed by atoms with Crippen molar-refractivity contribution >= 4 is 22.7 Å². The second-order valence-electron chi connectivity index (χ2n) is 4.80. The van der Waals surface area contributed by atoms with Crippen molar-refractivity contribution in [1.82, 2.24) is 0 Å². The van der Waals surface area contributed by atoms with Gasteiger partial charge in [-0.05, 0) is 42.8 Å². The molecular formula is C17H13FO3S. The van der Waals surface area contributed by atoms with Gasteiger partial charge in [0, 0.05) is 21.2 Å². The van der Waals surface area contributed by atoms with E-state index < -0.39 is 5.63 Å². The fraction of sp³-hybridized carbons (Fsp3) is 0.118. The molecule has 0 bridgehead atoms. The van der Waals surface area contributed by atoms with Gasteiger partial charge < -0.3 is 9.15 Å². The topological polar surface area (TPSA) is 39.4 Å². The molecule has 2 aromatic carbocycles. The van der Waals surface area contributed by atoms with Gasteiger partial charge in [-0.25, -0.2) is 9.18 Å². The summed E-state index contributed by atoms with van der Waals surface area (Å²) in [5.74, 6) is 0.358. The summed E-state index contributed by atoms with van der Waals surface area (Å²) in [5.41, 5.74) is 0.981. The third-order valence-corrected chi connectivity index (χ3v) is 4.50. The van der Waals surface area contributed by atoms with Crippen LogP contribution in [0.1, 0.15) is 5.56 Å². The minimum Gasteiger partial charge on any atom is -0.497 e. The average molecular weight is 316 g/mol. The lowest BCUT2D eigenvalue weighted by Crippen LogP contribution is -1.98. The highest BCUT2D eigenvalue weighted by Gasteiger charge is 2.10. The van der Waals surface area contributed by atoms with Gasteiger partial charge in [0.1, 0.15) is 17.1 Å². The Morgan fingerprint density at radius 1 is 1.09 bits per heavy atom. The van der Waals surface area contributed by atoms with Gasteiger partial charge in [0.2, 0.25) is 0 Å². The number of ether oxygens (including phenoxy) is 1. The maximum atomic E-state index is 13.4. The van der Waals surface area contributed by atoms with Gasteiger partial charge in [-0.2, -0.15) is 0 Å². The van der Waals surface area contributed by atoms with Crippen molar-refractivity contribution in [3.05, 3.63) is 64.3 Å². The lowest BCUT2D eigenvalue weighted by molar-refractivity contribution is 0.415. The number of fused-ring (bicyclic) bond motifs is 1. The molecule has 0 atom stereocenters. The highest BCUT2D eigenvalue weighted by Crippen LogP contribution is 2.35. The van der Waals surface area contributed by atoms with E-state index in [9.17, 15) is 9.18 Å². The zero-order valence-corrected chi connectivity index (χ0v) is 12.9. The minimum atomic E-state index is -0.436. The van der Waals surface area contributed by atoms with Gasteiger partial charge in [-0.1, -0.05) is 17.8 Å². The first kappa shape index (κ1) is 14.7. The Kier molecular flexibility index (Phi) is 3.90. The average Bonchev–Trinajstić information content (AvgIpc) is 2.50. The van der Waals surface area contributed by atoms with E-state index >= 15 is 0 Å². The van der Waals surface area contributed by atoms with Crippen molar-refractivity contribution in [3.63, 3.8) is 0 Å². The van der Waals surface area contributed by atoms with E-state index in [2.05, 4.69) is 0 Å². The van der Waals surface area contributed by atoms with E-state index in [4.69, 9.17) is 9.15 Å². The molecular weight excluding hydrogens is 303 g/mol. The van der Waals surface area contributed by atoms with Crippen molar-refractivity contribution in [2.24, 2.45) is 0 Å². The van der Waals surface area contributed by atoms with Gasteiger partial charge >= 0.3 is 5.63 Å². The number of hydrogen-bond donors (Lipinski definition) is 0. The van der Waals surface area contributed by atoms with Crippen molar-refractivity contribution in [2.45, 2.75) is 16.7 Å². The maximum absolute atomic E-state index is 13.4. The number of benzene rings is 2. The fourth-order valence-corrected chi connectivity index (χ4v) is 3.19. The molecule has 1 heterocycles. The van der Waals surface area contributed by atoms with Gasteiger partial charge in [0.05, 0.1) is 7.11 Å². The number of rotatable bonds is 3. The van der Waals surface area contributed by atoms with Gasteiger partial charge in [-0.3, -0.25) is 0 Å². The molecule has 22 heavy (non-hydrogen) atoms. The van der Waals surface area contributed by atoms with Crippen LogP contribution in [-0.4, -0.2) is 7.11 Å². The van der Waals surface area contributed by atoms with Crippen LogP contribution in [0.3, 0.4) is 0 Å². The molecule has 0 radical (unpaired) electrons. The highest BCUT2D eigenvalue weighted by atomic mass is 32.2. The van der Waals surface area contributed by atoms with E-state index in [0.717, 1.165) is 15.8 Å². The maximum Gasteiger partial charge on any atom is 0.337 e. The van der Waals surface area contributed by atoms with E-state index in [1.165, 1.54) is 30.0 Å². The molecule has 0 unspecified atom stereocenters. The Labute approximate surface area is 130 Å². The lowest BCUT2D eigenvalue weighted by Gasteiger charge is -2.09. The predicted octanol–water partition coefficient (Wildman–Crippen LogP) is 4.40. The number of aryl methyl sites for hydroxylation is 1. The molecule has 0 aliphatic rings. The van der Waals surface area contributed by atoms with Crippen molar-refractivity contribution in [2.75, 3.05) is 7.11 Å². The summed E-state index contributed by atoms with van der Waals surface area (Å²) in [6.45, 7) is 1.90. The fourth-order valence-electron chi connectivity index (χ4n) is 2.13. The summed E-state index contributed by atoms with van der Waals surface area (Å²) >= 11 is 1.34. The predicted molar refractivity (Wildman–Crippen MR) is 84.3 cm³/mol. The Morgan fingerprint density at radius 2 is 1.91 bits per heavy atom. The van der Waals surface area contributed by atoms with E-state index in [1.54, 1.807) is 31.4 Å². The summed E-state index contributed by atoms with van der Waals surface area (Å²) < 4.78 is 23.9. The molecule has 3 aromatic rings. The van der Waals surface area contributed by atoms with Crippen LogP contribution >= 0.6 is 11.8 Å². The molecule has 3 rings (SSSR count). The molecule has 0 saturated carbocycles. The van der Waals surface area contributed by atoms with E-state index in [-0.39, 0.29) is 5.82 Å². The van der Waals surface area contributed by atoms with Crippen molar-refractivity contribution in [3.8, 4) is 5.75 Å². The van der Waals surface area contributed by atoms with Crippen LogP contribution in [0.2, 0.25) is 0 Å². The highest BCUT2D eigenvalue weighted by molar-refractivity contribution is 7.99. The summed E-state index contributed by atoms with van der Waals surface area (Å²) in [4.78, 5) is 13.2. The number of methoxy groups -OCH3 is 1. The monoisotopic (exact) mass is 316 g/mol. The molecule has 0 saturated heterocycles. The zero-order valence-electron chi connectivity index (χ0n) is 12.1. The normalized spacial score (nSPS) is 10.9. The minimum absolute atomic E-state index is 0.307. The van der Waals surface area contributed by atoms with Crippen LogP contribution in [0.25, 0.3) is 11.0 Å². The Balaban J connectivity index is 2.16. The van der Waals surface area contributed by atoms with E-state index in [1.807, 2.05) is 6.92 Å². The molecule has 3 nitrogen and oxygen atoms in total. The zero-order chi connectivity index (χ0) is 15.7. The third-order valence-electron chi connectivity index (χ3n) is 3.28. The summed E-state index contributed by atoms with van der Waals surface area (Å²) in [6.07, 6.45) is 0. The first-order chi connectivity index (χ1) is 10.6. The summed E-state index contributed by atoms with van der Waals surface area (Å²) in [5, 5.41) is 0.757. The Hall–Kier alpha value is -2.27. The molecule has 0 fully saturated rings. The quantitative estimate of drug-likeness (QED) is 0.671. The van der Waals surface area contributed by atoms with Crippen LogP contribution in [0.4, 0.5) is 4.39 Å². The molecule has 0 aliphatic heterocycles. The van der Waals surface area contributed by atoms with Crippen molar-refractivity contribution < 1.29 is 13.5 Å². The van der Waals surface area contributed by atoms with E-state index in [0.29, 0.717) is 16.2 Å². The van der Waals surface area contributed by atoms with Gasteiger partial charge in [0.25, 0.3) is 0 Å². The summed E-state index contributed by atoms with van der Waals surface area (Å²) in [7, 11) is 1.57. The largest absolute Gasteiger partial charge is 0.497 e. The van der Waals surface area contributed by atoms with Gasteiger partial charge in [0.15, 0.2) is 0 Å².